The zero-order valence-corrected chi connectivity index (χ0v) is 17.7. The standard InChI is InChI=1S/C19H20N6OS2/c1-19(2,3)13-9-27-17(20-13)21-14(26)10-28-18-22-16-15(23-24-18)11-7-5-6-8-12(11)25(16)4/h5-9H,10H2,1-4H3,(H,20,21,26). The van der Waals surface area contributed by atoms with Crippen molar-refractivity contribution in [3.63, 3.8) is 0 Å². The van der Waals surface area contributed by atoms with Crippen LogP contribution in [-0.2, 0) is 17.3 Å². The Bertz CT molecular complexity index is 1170. The van der Waals surface area contributed by atoms with Crippen LogP contribution in [0.1, 0.15) is 26.5 Å². The molecule has 3 heterocycles. The minimum Gasteiger partial charge on any atom is -0.327 e. The predicted molar refractivity (Wildman–Crippen MR) is 114 cm³/mol. The number of amides is 1. The lowest BCUT2D eigenvalue weighted by Crippen LogP contribution is -2.15. The van der Waals surface area contributed by atoms with E-state index in [-0.39, 0.29) is 17.1 Å². The number of para-hydroxylation sites is 1. The van der Waals surface area contributed by atoms with Gasteiger partial charge in [0.2, 0.25) is 11.1 Å². The molecule has 144 valence electrons. The van der Waals surface area contributed by atoms with E-state index in [1.54, 1.807) is 0 Å². The highest BCUT2D eigenvalue weighted by molar-refractivity contribution is 7.99. The number of nitrogens with zero attached hydrogens (tertiary/aromatic N) is 5. The molecule has 1 aromatic carbocycles. The summed E-state index contributed by atoms with van der Waals surface area (Å²) >= 11 is 2.69. The summed E-state index contributed by atoms with van der Waals surface area (Å²) in [7, 11) is 1.95. The zero-order chi connectivity index (χ0) is 19.9. The van der Waals surface area contributed by atoms with Crippen molar-refractivity contribution in [1.82, 2.24) is 24.7 Å². The number of nitrogens with one attached hydrogen (secondary N) is 1. The van der Waals surface area contributed by atoms with Gasteiger partial charge in [-0.05, 0) is 6.07 Å². The molecule has 0 saturated carbocycles. The van der Waals surface area contributed by atoms with Gasteiger partial charge in [-0.25, -0.2) is 9.97 Å². The first kappa shape index (κ1) is 18.8. The molecule has 0 fully saturated rings. The topological polar surface area (TPSA) is 85.6 Å². The molecule has 0 aliphatic heterocycles. The largest absolute Gasteiger partial charge is 0.327 e. The number of carbonyl (C=O) groups is 1. The van der Waals surface area contributed by atoms with Crippen LogP contribution in [0.4, 0.5) is 5.13 Å². The fraction of sp³-hybridized carbons (Fsp3) is 0.316. The lowest BCUT2D eigenvalue weighted by molar-refractivity contribution is -0.113. The van der Waals surface area contributed by atoms with Crippen LogP contribution in [0.2, 0.25) is 0 Å². The van der Waals surface area contributed by atoms with Gasteiger partial charge >= 0.3 is 0 Å². The number of hydrogen-bond acceptors (Lipinski definition) is 7. The highest BCUT2D eigenvalue weighted by Crippen LogP contribution is 2.27. The van der Waals surface area contributed by atoms with Crippen molar-refractivity contribution < 1.29 is 4.79 Å². The van der Waals surface area contributed by atoms with Crippen LogP contribution in [-0.4, -0.2) is 36.4 Å². The summed E-state index contributed by atoms with van der Waals surface area (Å²) in [6, 6.07) is 7.99. The van der Waals surface area contributed by atoms with Crippen molar-refractivity contribution in [3.05, 3.63) is 35.3 Å². The van der Waals surface area contributed by atoms with E-state index in [1.807, 2.05) is 41.3 Å². The first-order valence-electron chi connectivity index (χ1n) is 8.79. The normalized spacial score (nSPS) is 12.0. The van der Waals surface area contributed by atoms with Crippen LogP contribution in [0.15, 0.2) is 34.8 Å². The lowest BCUT2D eigenvalue weighted by Gasteiger charge is -2.14. The van der Waals surface area contributed by atoms with Crippen LogP contribution in [0.5, 0.6) is 0 Å². The van der Waals surface area contributed by atoms with Crippen LogP contribution in [0.25, 0.3) is 22.1 Å². The molecule has 0 bridgehead atoms. The Kier molecular flexibility index (Phi) is 4.80. The van der Waals surface area contributed by atoms with Crippen LogP contribution in [0, 0.1) is 0 Å². The molecule has 0 saturated heterocycles. The molecule has 0 aliphatic carbocycles. The highest BCUT2D eigenvalue weighted by atomic mass is 32.2. The molecule has 4 aromatic rings. The van der Waals surface area contributed by atoms with Crippen molar-refractivity contribution in [2.24, 2.45) is 7.05 Å². The number of hydrogen-bond donors (Lipinski definition) is 1. The second kappa shape index (κ2) is 7.14. The number of fused-ring (bicyclic) bond motifs is 3. The van der Waals surface area contributed by atoms with Crippen molar-refractivity contribution in [2.45, 2.75) is 31.3 Å². The molecule has 9 heteroatoms. The van der Waals surface area contributed by atoms with Crippen molar-refractivity contribution in [1.29, 1.82) is 0 Å². The summed E-state index contributed by atoms with van der Waals surface area (Å²) in [5.41, 5.74) is 3.51. The minimum atomic E-state index is -0.138. The second-order valence-electron chi connectivity index (χ2n) is 7.47. The van der Waals surface area contributed by atoms with Gasteiger partial charge in [0, 0.05) is 23.2 Å². The zero-order valence-electron chi connectivity index (χ0n) is 16.1. The number of aromatic nitrogens is 5. The van der Waals surface area contributed by atoms with E-state index < -0.39 is 0 Å². The highest BCUT2D eigenvalue weighted by Gasteiger charge is 2.18. The maximum atomic E-state index is 12.3. The van der Waals surface area contributed by atoms with Gasteiger partial charge in [0.25, 0.3) is 0 Å². The number of benzene rings is 1. The molecule has 0 radical (unpaired) electrons. The lowest BCUT2D eigenvalue weighted by atomic mass is 9.93. The Morgan fingerprint density at radius 2 is 2.00 bits per heavy atom. The van der Waals surface area contributed by atoms with Gasteiger partial charge in [0.1, 0.15) is 5.52 Å². The third kappa shape index (κ3) is 3.59. The first-order chi connectivity index (χ1) is 13.3. The smallest absolute Gasteiger partial charge is 0.236 e. The van der Waals surface area contributed by atoms with Gasteiger partial charge in [-0.15, -0.1) is 21.5 Å². The summed E-state index contributed by atoms with van der Waals surface area (Å²) in [5, 5.41) is 15.4. The average molecular weight is 413 g/mol. The van der Waals surface area contributed by atoms with E-state index in [9.17, 15) is 4.79 Å². The Labute approximate surface area is 170 Å². The molecule has 0 unspecified atom stereocenters. The second-order valence-corrected chi connectivity index (χ2v) is 9.27. The summed E-state index contributed by atoms with van der Waals surface area (Å²) in [5.74, 6) is 0.0576. The Balaban J connectivity index is 1.46. The maximum Gasteiger partial charge on any atom is 0.236 e. The fourth-order valence-electron chi connectivity index (χ4n) is 2.81. The Morgan fingerprint density at radius 1 is 1.21 bits per heavy atom. The van der Waals surface area contributed by atoms with E-state index >= 15 is 0 Å². The molecule has 1 amide bonds. The number of aryl methyl sites for hydroxylation is 1. The number of anilines is 1. The summed E-state index contributed by atoms with van der Waals surface area (Å²) in [6.07, 6.45) is 0. The quantitative estimate of drug-likeness (QED) is 0.510. The molecule has 0 aliphatic rings. The Hall–Kier alpha value is -2.52. The number of thiazole rings is 1. The molecular formula is C19H20N6OS2. The molecule has 28 heavy (non-hydrogen) atoms. The number of thioether (sulfide) groups is 1. The minimum absolute atomic E-state index is 0.0399. The summed E-state index contributed by atoms with van der Waals surface area (Å²) in [6.45, 7) is 6.28. The summed E-state index contributed by atoms with van der Waals surface area (Å²) < 4.78 is 1.99. The fourth-order valence-corrected chi connectivity index (χ4v) is 4.35. The molecule has 1 N–H and O–H groups in total. The van der Waals surface area contributed by atoms with Gasteiger partial charge < -0.3 is 9.88 Å². The maximum absolute atomic E-state index is 12.3. The molecule has 0 atom stereocenters. The van der Waals surface area contributed by atoms with E-state index in [2.05, 4.69) is 46.3 Å². The van der Waals surface area contributed by atoms with E-state index in [0.717, 1.165) is 27.8 Å². The van der Waals surface area contributed by atoms with Crippen LogP contribution in [0.3, 0.4) is 0 Å². The molecule has 7 nitrogen and oxygen atoms in total. The SMILES string of the molecule is Cn1c2ccccc2c2nnc(SCC(=O)Nc3nc(C(C)(C)C)cs3)nc21. The average Bonchev–Trinajstić information content (AvgIpc) is 3.24. The van der Waals surface area contributed by atoms with Crippen molar-refractivity contribution >= 4 is 56.2 Å². The van der Waals surface area contributed by atoms with E-state index in [1.165, 1.54) is 23.1 Å². The van der Waals surface area contributed by atoms with Crippen molar-refractivity contribution in [2.75, 3.05) is 11.1 Å². The molecule has 4 rings (SSSR count). The monoisotopic (exact) mass is 412 g/mol. The van der Waals surface area contributed by atoms with Gasteiger partial charge in [-0.2, -0.15) is 0 Å². The van der Waals surface area contributed by atoms with Crippen LogP contribution < -0.4 is 5.32 Å². The Morgan fingerprint density at radius 3 is 2.75 bits per heavy atom. The van der Waals surface area contributed by atoms with Gasteiger partial charge in [0.15, 0.2) is 10.8 Å². The van der Waals surface area contributed by atoms with E-state index in [4.69, 9.17) is 0 Å². The van der Waals surface area contributed by atoms with Gasteiger partial charge in [-0.3, -0.25) is 4.79 Å². The van der Waals surface area contributed by atoms with Crippen molar-refractivity contribution in [3.8, 4) is 0 Å². The predicted octanol–water partition coefficient (Wildman–Crippen LogP) is 4.00. The molecule has 3 aromatic heterocycles. The van der Waals surface area contributed by atoms with E-state index in [0.29, 0.717) is 10.3 Å². The third-order valence-corrected chi connectivity index (χ3v) is 5.93. The van der Waals surface area contributed by atoms with Gasteiger partial charge in [0.05, 0.1) is 17.0 Å². The number of carbonyl (C=O) groups excluding carboxylic acids is 1. The van der Waals surface area contributed by atoms with Crippen LogP contribution >= 0.6 is 23.1 Å². The number of rotatable bonds is 4. The molecular weight excluding hydrogens is 392 g/mol. The third-order valence-electron chi connectivity index (χ3n) is 4.34. The van der Waals surface area contributed by atoms with Gasteiger partial charge in [-0.1, -0.05) is 50.7 Å². The molecule has 0 spiro atoms. The first-order valence-corrected chi connectivity index (χ1v) is 10.7. The summed E-state index contributed by atoms with van der Waals surface area (Å²) in [4.78, 5) is 21.3.